The molecule has 4 nitrogen and oxygen atoms in total. The van der Waals surface area contributed by atoms with E-state index in [1.54, 1.807) is 13.0 Å². The number of carbonyl (C=O) groups excluding carboxylic acids is 1. The second-order valence-electron chi connectivity index (χ2n) is 3.61. The number of ether oxygens (including phenoxy) is 1. The third kappa shape index (κ3) is 4.02. The fraction of sp³-hybridized carbons (Fsp3) is 0.364. The summed E-state index contributed by atoms with van der Waals surface area (Å²) in [5, 5.41) is 0. The minimum absolute atomic E-state index is 0.0948. The number of rotatable bonds is 4. The van der Waals surface area contributed by atoms with Crippen molar-refractivity contribution in [2.75, 3.05) is 6.61 Å². The number of carbonyl (C=O) groups is 1. The van der Waals surface area contributed by atoms with Crippen molar-refractivity contribution in [1.82, 2.24) is 0 Å². The molecular weight excluding hydrogens is 264 g/mol. The molecule has 1 aromatic rings. The summed E-state index contributed by atoms with van der Waals surface area (Å²) >= 11 is 0. The predicted octanol–water partition coefficient (Wildman–Crippen LogP) is 2.49. The van der Waals surface area contributed by atoms with E-state index < -0.39 is 15.0 Å². The second kappa shape index (κ2) is 5.51. The quantitative estimate of drug-likeness (QED) is 0.626. The lowest BCUT2D eigenvalue weighted by atomic mass is 10.1. The van der Waals surface area contributed by atoms with E-state index in [4.69, 9.17) is 15.4 Å². The molecule has 0 bridgehead atoms. The Morgan fingerprint density at radius 1 is 1.35 bits per heavy atom. The molecule has 0 heterocycles. The first-order valence-corrected chi connectivity index (χ1v) is 7.39. The van der Waals surface area contributed by atoms with Crippen LogP contribution >= 0.6 is 10.7 Å². The predicted molar refractivity (Wildman–Crippen MR) is 64.8 cm³/mol. The number of halogens is 1. The van der Waals surface area contributed by atoms with E-state index in [-0.39, 0.29) is 10.5 Å². The van der Waals surface area contributed by atoms with Crippen LogP contribution in [0.4, 0.5) is 0 Å². The normalized spacial score (nSPS) is 11.2. The molecule has 0 N–H and O–H groups in total. The molecule has 17 heavy (non-hydrogen) atoms. The topological polar surface area (TPSA) is 60.4 Å². The molecule has 0 fully saturated rings. The molecule has 6 heteroatoms. The number of aryl methyl sites for hydroxylation is 1. The first-order valence-electron chi connectivity index (χ1n) is 5.08. The molecular formula is C11H13ClO4S. The van der Waals surface area contributed by atoms with Gasteiger partial charge in [0.2, 0.25) is 0 Å². The molecule has 1 rings (SSSR count). The summed E-state index contributed by atoms with van der Waals surface area (Å²) in [5.41, 5.74) is 0.827. The first-order chi connectivity index (χ1) is 7.84. The van der Waals surface area contributed by atoms with Crippen LogP contribution in [-0.4, -0.2) is 21.0 Å². The van der Waals surface area contributed by atoms with Crippen molar-refractivity contribution >= 4 is 25.7 Å². The third-order valence-corrected chi connectivity index (χ3v) is 3.34. The third-order valence-electron chi connectivity index (χ3n) is 2.01. The molecule has 0 aromatic heterocycles. The highest BCUT2D eigenvalue weighted by Gasteiger charge is 2.15. The van der Waals surface area contributed by atoms with Crippen molar-refractivity contribution in [2.45, 2.75) is 25.2 Å². The Labute approximate surface area is 105 Å². The van der Waals surface area contributed by atoms with Gasteiger partial charge in [0.25, 0.3) is 9.05 Å². The van der Waals surface area contributed by atoms with Gasteiger partial charge in [-0.15, -0.1) is 0 Å². The van der Waals surface area contributed by atoms with E-state index in [2.05, 4.69) is 0 Å². The van der Waals surface area contributed by atoms with Crippen LogP contribution in [0.2, 0.25) is 0 Å². The van der Waals surface area contributed by atoms with Crippen molar-refractivity contribution in [3.05, 3.63) is 29.3 Å². The molecule has 0 saturated carbocycles. The average Bonchev–Trinajstić information content (AvgIpc) is 2.23. The highest BCUT2D eigenvalue weighted by molar-refractivity contribution is 8.13. The van der Waals surface area contributed by atoms with Crippen molar-refractivity contribution in [1.29, 1.82) is 0 Å². The maximum Gasteiger partial charge on any atom is 0.338 e. The Hall–Kier alpha value is -1.07. The van der Waals surface area contributed by atoms with Crippen molar-refractivity contribution in [3.63, 3.8) is 0 Å². The lowest BCUT2D eigenvalue weighted by Gasteiger charge is -2.05. The summed E-state index contributed by atoms with van der Waals surface area (Å²) in [6.45, 7) is 3.86. The van der Waals surface area contributed by atoms with Gasteiger partial charge in [0, 0.05) is 10.7 Å². The van der Waals surface area contributed by atoms with Gasteiger partial charge in [0.05, 0.1) is 17.1 Å². The summed E-state index contributed by atoms with van der Waals surface area (Å²) in [7, 11) is 1.39. The Bertz CT molecular complexity index is 522. The van der Waals surface area contributed by atoms with Crippen LogP contribution < -0.4 is 0 Å². The number of hydrogen-bond donors (Lipinski definition) is 0. The molecule has 0 radical (unpaired) electrons. The maximum absolute atomic E-state index is 11.6. The van der Waals surface area contributed by atoms with Gasteiger partial charge in [0.1, 0.15) is 0 Å². The van der Waals surface area contributed by atoms with E-state index in [0.717, 1.165) is 0 Å². The van der Waals surface area contributed by atoms with Crippen LogP contribution in [0.1, 0.15) is 29.3 Å². The zero-order valence-corrected chi connectivity index (χ0v) is 11.1. The summed E-state index contributed by atoms with van der Waals surface area (Å²) in [6.07, 6.45) is 0.707. The zero-order chi connectivity index (χ0) is 13.1. The summed E-state index contributed by atoms with van der Waals surface area (Å²) in [5.74, 6) is -0.544. The highest BCUT2D eigenvalue weighted by Crippen LogP contribution is 2.19. The van der Waals surface area contributed by atoms with Crippen molar-refractivity contribution < 1.29 is 17.9 Å². The molecule has 0 spiro atoms. The van der Waals surface area contributed by atoms with Crippen molar-refractivity contribution in [3.8, 4) is 0 Å². The second-order valence-corrected chi connectivity index (χ2v) is 6.17. The Balaban J connectivity index is 3.10. The van der Waals surface area contributed by atoms with Gasteiger partial charge in [0.15, 0.2) is 0 Å². The Morgan fingerprint density at radius 2 is 2.00 bits per heavy atom. The number of hydrogen-bond acceptors (Lipinski definition) is 4. The monoisotopic (exact) mass is 276 g/mol. The van der Waals surface area contributed by atoms with Gasteiger partial charge in [-0.2, -0.15) is 0 Å². The van der Waals surface area contributed by atoms with Crippen LogP contribution in [0.5, 0.6) is 0 Å². The van der Waals surface area contributed by atoms with Crippen LogP contribution in [0.25, 0.3) is 0 Å². The lowest BCUT2D eigenvalue weighted by Crippen LogP contribution is -2.07. The van der Waals surface area contributed by atoms with Gasteiger partial charge >= 0.3 is 5.97 Å². The molecule has 0 atom stereocenters. The summed E-state index contributed by atoms with van der Waals surface area (Å²) < 4.78 is 27.3. The molecule has 0 saturated heterocycles. The Morgan fingerprint density at radius 3 is 2.53 bits per heavy atom. The molecule has 0 amide bonds. The highest BCUT2D eigenvalue weighted by atomic mass is 35.7. The van der Waals surface area contributed by atoms with Gasteiger partial charge in [-0.25, -0.2) is 13.2 Å². The van der Waals surface area contributed by atoms with E-state index >= 15 is 0 Å². The standard InChI is InChI=1S/C11H13ClO4S/c1-3-4-16-11(13)9-5-8(2)6-10(7-9)17(12,14)15/h5-7H,3-4H2,1-2H3. The molecule has 0 aliphatic carbocycles. The Kier molecular flexibility index (Phi) is 4.54. The number of benzene rings is 1. The van der Waals surface area contributed by atoms with E-state index in [1.807, 2.05) is 6.92 Å². The SMILES string of the molecule is CCCOC(=O)c1cc(C)cc(S(=O)(=O)Cl)c1. The van der Waals surface area contributed by atoms with Gasteiger partial charge in [-0.1, -0.05) is 6.92 Å². The average molecular weight is 277 g/mol. The first kappa shape index (κ1) is 14.0. The smallest absolute Gasteiger partial charge is 0.338 e. The van der Waals surface area contributed by atoms with Gasteiger partial charge in [-0.3, -0.25) is 0 Å². The molecule has 0 unspecified atom stereocenters. The molecule has 94 valence electrons. The molecule has 1 aromatic carbocycles. The van der Waals surface area contributed by atoms with Crippen LogP contribution in [0, 0.1) is 6.92 Å². The number of esters is 1. The van der Waals surface area contributed by atoms with Crippen LogP contribution in [-0.2, 0) is 13.8 Å². The van der Waals surface area contributed by atoms with E-state index in [1.165, 1.54) is 12.1 Å². The van der Waals surface area contributed by atoms with Gasteiger partial charge < -0.3 is 4.74 Å². The van der Waals surface area contributed by atoms with Crippen LogP contribution in [0.3, 0.4) is 0 Å². The molecule has 0 aliphatic heterocycles. The summed E-state index contributed by atoms with van der Waals surface area (Å²) in [4.78, 5) is 11.5. The van der Waals surface area contributed by atoms with Crippen molar-refractivity contribution in [2.24, 2.45) is 0 Å². The minimum atomic E-state index is -3.84. The van der Waals surface area contributed by atoms with E-state index in [0.29, 0.717) is 18.6 Å². The largest absolute Gasteiger partial charge is 0.462 e. The summed E-state index contributed by atoms with van der Waals surface area (Å²) in [6, 6.07) is 4.18. The fourth-order valence-corrected chi connectivity index (χ4v) is 2.15. The molecule has 0 aliphatic rings. The lowest BCUT2D eigenvalue weighted by molar-refractivity contribution is 0.0504. The zero-order valence-electron chi connectivity index (χ0n) is 9.57. The van der Waals surface area contributed by atoms with E-state index in [9.17, 15) is 13.2 Å². The van der Waals surface area contributed by atoms with Crippen LogP contribution in [0.15, 0.2) is 23.1 Å². The fourth-order valence-electron chi connectivity index (χ4n) is 1.28. The maximum atomic E-state index is 11.6. The van der Waals surface area contributed by atoms with Gasteiger partial charge in [-0.05, 0) is 37.1 Å². The minimum Gasteiger partial charge on any atom is -0.462 e.